The van der Waals surface area contributed by atoms with Gasteiger partial charge in [-0.25, -0.2) is 4.39 Å². The quantitative estimate of drug-likeness (QED) is 0.855. The Balaban J connectivity index is 2.12. The molecule has 0 aliphatic heterocycles. The van der Waals surface area contributed by atoms with Crippen molar-refractivity contribution in [3.8, 4) is 0 Å². The number of nitrogens with zero attached hydrogens (tertiary/aromatic N) is 2. The van der Waals surface area contributed by atoms with Crippen LogP contribution >= 0.6 is 0 Å². The minimum Gasteiger partial charge on any atom is -0.388 e. The van der Waals surface area contributed by atoms with Crippen molar-refractivity contribution in [3.63, 3.8) is 0 Å². The normalized spacial score (nSPS) is 12.4. The molecule has 0 fully saturated rings. The second kappa shape index (κ2) is 4.81. The molecule has 1 atom stereocenters. The van der Waals surface area contributed by atoms with Crippen LogP contribution in [0.15, 0.2) is 43.0 Å². The second-order valence-corrected chi connectivity index (χ2v) is 3.52. The molecule has 16 heavy (non-hydrogen) atoms. The molecule has 0 saturated heterocycles. The molecule has 0 aliphatic carbocycles. The molecule has 1 unspecified atom stereocenters. The predicted octanol–water partition coefficient (Wildman–Crippen LogP) is 1.89. The summed E-state index contributed by atoms with van der Waals surface area (Å²) >= 11 is 0. The van der Waals surface area contributed by atoms with Gasteiger partial charge in [-0.05, 0) is 17.7 Å². The fourth-order valence-corrected chi connectivity index (χ4v) is 1.47. The highest BCUT2D eigenvalue weighted by atomic mass is 19.1. The molecule has 0 aromatic carbocycles. The number of aliphatic hydroxyl groups excluding tert-OH is 1. The second-order valence-electron chi connectivity index (χ2n) is 3.52. The Hall–Kier alpha value is -1.81. The van der Waals surface area contributed by atoms with Crippen molar-refractivity contribution >= 4 is 0 Å². The van der Waals surface area contributed by atoms with E-state index in [9.17, 15) is 9.50 Å². The third-order valence-corrected chi connectivity index (χ3v) is 2.26. The van der Waals surface area contributed by atoms with E-state index in [4.69, 9.17) is 0 Å². The Morgan fingerprint density at radius 2 is 2.12 bits per heavy atom. The molecule has 2 aromatic heterocycles. The molecule has 0 bridgehead atoms. The molecule has 2 heterocycles. The molecule has 4 heteroatoms. The monoisotopic (exact) mass is 218 g/mol. The number of aromatic nitrogens is 2. The topological polar surface area (TPSA) is 46.0 Å². The van der Waals surface area contributed by atoms with E-state index in [0.717, 1.165) is 11.8 Å². The highest BCUT2D eigenvalue weighted by Crippen LogP contribution is 2.17. The van der Waals surface area contributed by atoms with Crippen molar-refractivity contribution in [2.24, 2.45) is 0 Å². The largest absolute Gasteiger partial charge is 0.388 e. The van der Waals surface area contributed by atoms with Crippen molar-refractivity contribution in [3.05, 3.63) is 59.9 Å². The highest BCUT2D eigenvalue weighted by molar-refractivity contribution is 5.18. The van der Waals surface area contributed by atoms with Crippen molar-refractivity contribution < 1.29 is 9.50 Å². The highest BCUT2D eigenvalue weighted by Gasteiger charge is 2.09. The molecule has 0 amide bonds. The van der Waals surface area contributed by atoms with Gasteiger partial charge >= 0.3 is 0 Å². The summed E-state index contributed by atoms with van der Waals surface area (Å²) in [5.41, 5.74) is 1.38. The first kappa shape index (κ1) is 10.7. The maximum atomic E-state index is 12.9. The lowest BCUT2D eigenvalue weighted by molar-refractivity contribution is 0.177. The molecule has 0 saturated carbocycles. The van der Waals surface area contributed by atoms with Gasteiger partial charge in [0, 0.05) is 30.6 Å². The van der Waals surface area contributed by atoms with Gasteiger partial charge in [-0.3, -0.25) is 9.97 Å². The Kier molecular flexibility index (Phi) is 3.22. The molecule has 0 spiro atoms. The van der Waals surface area contributed by atoms with E-state index in [-0.39, 0.29) is 0 Å². The van der Waals surface area contributed by atoms with Crippen molar-refractivity contribution in [1.82, 2.24) is 9.97 Å². The van der Waals surface area contributed by atoms with Crippen LogP contribution in [0.4, 0.5) is 4.39 Å². The first-order valence-electron chi connectivity index (χ1n) is 4.93. The third-order valence-electron chi connectivity index (χ3n) is 2.26. The van der Waals surface area contributed by atoms with Crippen LogP contribution in [-0.4, -0.2) is 15.1 Å². The first-order valence-corrected chi connectivity index (χ1v) is 4.93. The number of halogens is 1. The first-order chi connectivity index (χ1) is 7.75. The summed E-state index contributed by atoms with van der Waals surface area (Å²) < 4.78 is 12.9. The Morgan fingerprint density at radius 3 is 2.81 bits per heavy atom. The summed E-state index contributed by atoms with van der Waals surface area (Å²) in [6.45, 7) is 0. The smallest absolute Gasteiger partial charge is 0.141 e. The van der Waals surface area contributed by atoms with Crippen LogP contribution in [0.1, 0.15) is 17.2 Å². The van der Waals surface area contributed by atoms with Gasteiger partial charge in [0.25, 0.3) is 0 Å². The zero-order chi connectivity index (χ0) is 11.4. The number of hydrogen-bond acceptors (Lipinski definition) is 3. The average Bonchev–Trinajstić information content (AvgIpc) is 2.30. The van der Waals surface area contributed by atoms with Gasteiger partial charge in [-0.15, -0.1) is 0 Å². The zero-order valence-corrected chi connectivity index (χ0v) is 8.55. The van der Waals surface area contributed by atoms with Crippen LogP contribution in [0.3, 0.4) is 0 Å². The fourth-order valence-electron chi connectivity index (χ4n) is 1.47. The predicted molar refractivity (Wildman–Crippen MR) is 57.1 cm³/mol. The lowest BCUT2D eigenvalue weighted by atomic mass is 10.0. The number of rotatable bonds is 3. The average molecular weight is 218 g/mol. The summed E-state index contributed by atoms with van der Waals surface area (Å²) in [5.74, 6) is -0.442. The van der Waals surface area contributed by atoms with Crippen LogP contribution < -0.4 is 0 Å². The van der Waals surface area contributed by atoms with Gasteiger partial charge in [0.1, 0.15) is 5.82 Å². The van der Waals surface area contributed by atoms with Crippen LogP contribution in [0.5, 0.6) is 0 Å². The van der Waals surface area contributed by atoms with E-state index in [1.807, 2.05) is 6.07 Å². The van der Waals surface area contributed by atoms with E-state index in [1.54, 1.807) is 18.5 Å². The molecule has 0 radical (unpaired) electrons. The Labute approximate surface area is 92.6 Å². The molecular formula is C12H11FN2O. The minimum absolute atomic E-state index is 0.402. The number of aliphatic hydroxyl groups is 1. The molecule has 3 nitrogen and oxygen atoms in total. The van der Waals surface area contributed by atoms with E-state index in [1.165, 1.54) is 12.3 Å². The lowest BCUT2D eigenvalue weighted by Crippen LogP contribution is -2.03. The Bertz CT molecular complexity index is 462. The summed E-state index contributed by atoms with van der Waals surface area (Å²) in [5, 5.41) is 9.86. The minimum atomic E-state index is -0.757. The molecular weight excluding hydrogens is 207 g/mol. The third kappa shape index (κ3) is 2.61. The van der Waals surface area contributed by atoms with Crippen LogP contribution in [-0.2, 0) is 6.42 Å². The van der Waals surface area contributed by atoms with Crippen molar-refractivity contribution in [2.75, 3.05) is 0 Å². The van der Waals surface area contributed by atoms with Crippen molar-refractivity contribution in [2.45, 2.75) is 12.5 Å². The summed E-state index contributed by atoms with van der Waals surface area (Å²) in [4.78, 5) is 7.64. The zero-order valence-electron chi connectivity index (χ0n) is 8.55. The maximum absolute atomic E-state index is 12.9. The molecule has 1 N–H and O–H groups in total. The molecule has 0 aliphatic rings. The van der Waals surface area contributed by atoms with Crippen LogP contribution in [0.2, 0.25) is 0 Å². The van der Waals surface area contributed by atoms with Gasteiger partial charge in [-0.1, -0.05) is 6.07 Å². The summed E-state index contributed by atoms with van der Waals surface area (Å²) in [7, 11) is 0. The molecule has 2 aromatic rings. The summed E-state index contributed by atoms with van der Waals surface area (Å²) in [6, 6.07) is 4.95. The summed E-state index contributed by atoms with van der Waals surface area (Å²) in [6.07, 6.45) is 5.56. The Morgan fingerprint density at radius 1 is 1.25 bits per heavy atom. The fraction of sp³-hybridized carbons (Fsp3) is 0.167. The van der Waals surface area contributed by atoms with Crippen molar-refractivity contribution in [1.29, 1.82) is 0 Å². The standard InChI is InChI=1S/C12H11FN2O/c13-11-5-10(7-15-8-11)12(16)4-9-2-1-3-14-6-9/h1-3,5-8,12,16H,4H2. The number of pyridine rings is 2. The van der Waals surface area contributed by atoms with E-state index >= 15 is 0 Å². The maximum Gasteiger partial charge on any atom is 0.141 e. The SMILES string of the molecule is OC(Cc1cccnc1)c1cncc(F)c1. The van der Waals surface area contributed by atoms with E-state index in [0.29, 0.717) is 12.0 Å². The van der Waals surface area contributed by atoms with Gasteiger partial charge in [-0.2, -0.15) is 0 Å². The van der Waals surface area contributed by atoms with Gasteiger partial charge in [0.05, 0.1) is 12.3 Å². The van der Waals surface area contributed by atoms with Gasteiger partial charge in [0.15, 0.2) is 0 Å². The lowest BCUT2D eigenvalue weighted by Gasteiger charge is -2.10. The van der Waals surface area contributed by atoms with Gasteiger partial charge < -0.3 is 5.11 Å². The van der Waals surface area contributed by atoms with Crippen LogP contribution in [0, 0.1) is 5.82 Å². The van der Waals surface area contributed by atoms with E-state index in [2.05, 4.69) is 9.97 Å². The molecule has 82 valence electrons. The van der Waals surface area contributed by atoms with Gasteiger partial charge in [0.2, 0.25) is 0 Å². The van der Waals surface area contributed by atoms with E-state index < -0.39 is 11.9 Å². The number of hydrogen-bond donors (Lipinski definition) is 1. The molecule has 2 rings (SSSR count). The van der Waals surface area contributed by atoms with Crippen LogP contribution in [0.25, 0.3) is 0 Å².